The van der Waals surface area contributed by atoms with Gasteiger partial charge in [0.25, 0.3) is 11.8 Å². The Bertz CT molecular complexity index is 1220. The van der Waals surface area contributed by atoms with Gasteiger partial charge in [0, 0.05) is 36.5 Å². The standard InChI is InChI=1S/C22H21F3N4O4/c1-3-13-5-4-11(2)27-10-29(13)28-9-15(19(30)20(31)18(28)22(27)33)21(32)26-8-14-16(24)6-12(23)7-17(14)25/h4-7,9,11,13,31H,3,8,10H2,1-2H3,(H,26,32). The van der Waals surface area contributed by atoms with Gasteiger partial charge in [-0.15, -0.1) is 0 Å². The van der Waals surface area contributed by atoms with Crippen LogP contribution in [0.4, 0.5) is 13.2 Å². The molecule has 4 rings (SSSR count). The maximum atomic E-state index is 13.9. The summed E-state index contributed by atoms with van der Waals surface area (Å²) in [5.41, 5.74) is -2.47. The van der Waals surface area contributed by atoms with E-state index >= 15 is 0 Å². The number of hydrogen-bond acceptors (Lipinski definition) is 5. The quantitative estimate of drug-likeness (QED) is 0.678. The zero-order chi connectivity index (χ0) is 24.0. The lowest BCUT2D eigenvalue weighted by Gasteiger charge is -2.42. The molecular formula is C22H21F3N4O4. The monoisotopic (exact) mass is 462 g/mol. The molecule has 2 aromatic rings. The fourth-order valence-corrected chi connectivity index (χ4v) is 4.00. The number of pyridine rings is 1. The van der Waals surface area contributed by atoms with Crippen molar-refractivity contribution in [1.82, 2.24) is 14.9 Å². The smallest absolute Gasteiger partial charge is 0.278 e. The number of nitrogens with zero attached hydrogens (tertiary/aromatic N) is 3. The van der Waals surface area contributed by atoms with Gasteiger partial charge < -0.3 is 15.3 Å². The molecule has 0 aliphatic carbocycles. The number of aromatic hydroxyl groups is 1. The van der Waals surface area contributed by atoms with Gasteiger partial charge in [0.1, 0.15) is 29.7 Å². The molecule has 2 unspecified atom stereocenters. The number of fused-ring (bicyclic) bond motifs is 4. The van der Waals surface area contributed by atoms with Gasteiger partial charge in [0.05, 0.1) is 6.04 Å². The van der Waals surface area contributed by atoms with Gasteiger partial charge in [0.15, 0.2) is 11.4 Å². The van der Waals surface area contributed by atoms with Crippen LogP contribution < -0.4 is 15.8 Å². The summed E-state index contributed by atoms with van der Waals surface area (Å²) in [6.45, 7) is 3.24. The number of nitrogens with one attached hydrogen (secondary N) is 1. The van der Waals surface area contributed by atoms with Gasteiger partial charge in [-0.1, -0.05) is 19.1 Å². The first-order valence-electron chi connectivity index (χ1n) is 10.3. The Hall–Kier alpha value is -3.76. The Morgan fingerprint density at radius 1 is 1.18 bits per heavy atom. The first-order chi connectivity index (χ1) is 15.6. The number of amides is 2. The molecule has 0 saturated carbocycles. The van der Waals surface area contributed by atoms with Crippen molar-refractivity contribution in [1.29, 1.82) is 0 Å². The molecule has 0 fully saturated rings. The van der Waals surface area contributed by atoms with Crippen LogP contribution in [-0.4, -0.2) is 45.2 Å². The van der Waals surface area contributed by atoms with Crippen LogP contribution in [0.3, 0.4) is 0 Å². The van der Waals surface area contributed by atoms with Crippen molar-refractivity contribution in [3.8, 4) is 5.75 Å². The van der Waals surface area contributed by atoms with E-state index in [9.17, 15) is 32.7 Å². The molecule has 8 nitrogen and oxygen atoms in total. The van der Waals surface area contributed by atoms with Crippen molar-refractivity contribution < 1.29 is 27.9 Å². The van der Waals surface area contributed by atoms with Gasteiger partial charge in [0.2, 0.25) is 5.43 Å². The SMILES string of the molecule is CCC1C=CC(C)N2CN1n1cc(C(=O)NCc3c(F)cc(F)cc3F)c(=O)c(O)c1C2=O. The molecule has 2 aliphatic heterocycles. The third kappa shape index (κ3) is 3.73. The molecule has 33 heavy (non-hydrogen) atoms. The molecule has 2 aliphatic rings. The first kappa shape index (κ1) is 22.4. The maximum absolute atomic E-state index is 13.9. The largest absolute Gasteiger partial charge is 0.502 e. The van der Waals surface area contributed by atoms with E-state index < -0.39 is 58.1 Å². The van der Waals surface area contributed by atoms with Crippen molar-refractivity contribution in [2.45, 2.75) is 38.9 Å². The van der Waals surface area contributed by atoms with E-state index in [0.29, 0.717) is 18.6 Å². The molecule has 0 radical (unpaired) electrons. The highest BCUT2D eigenvalue weighted by molar-refractivity contribution is 5.99. The van der Waals surface area contributed by atoms with Crippen molar-refractivity contribution in [3.63, 3.8) is 0 Å². The minimum atomic E-state index is -1.19. The van der Waals surface area contributed by atoms with E-state index in [2.05, 4.69) is 5.32 Å². The van der Waals surface area contributed by atoms with E-state index in [1.165, 1.54) is 9.58 Å². The van der Waals surface area contributed by atoms with Crippen LogP contribution in [0.5, 0.6) is 5.75 Å². The molecule has 2 amide bonds. The van der Waals surface area contributed by atoms with Crippen LogP contribution in [0.15, 0.2) is 35.3 Å². The molecule has 11 heteroatoms. The molecule has 2 bridgehead atoms. The second kappa shape index (κ2) is 8.30. The lowest BCUT2D eigenvalue weighted by molar-refractivity contribution is 0.0650. The number of halogens is 3. The van der Waals surface area contributed by atoms with Gasteiger partial charge in [-0.3, -0.25) is 24.1 Å². The molecule has 2 N–H and O–H groups in total. The van der Waals surface area contributed by atoms with E-state index in [4.69, 9.17) is 0 Å². The Labute approximate surface area is 186 Å². The number of benzene rings is 1. The fourth-order valence-electron chi connectivity index (χ4n) is 4.00. The highest BCUT2D eigenvalue weighted by atomic mass is 19.1. The van der Waals surface area contributed by atoms with E-state index in [1.807, 2.05) is 26.0 Å². The van der Waals surface area contributed by atoms with Gasteiger partial charge >= 0.3 is 0 Å². The second-order valence-corrected chi connectivity index (χ2v) is 7.90. The number of rotatable bonds is 4. The average molecular weight is 462 g/mol. The van der Waals surface area contributed by atoms with Crippen LogP contribution in [-0.2, 0) is 6.54 Å². The van der Waals surface area contributed by atoms with Crippen LogP contribution in [0, 0.1) is 17.5 Å². The summed E-state index contributed by atoms with van der Waals surface area (Å²) in [5, 5.41) is 14.5. The molecule has 0 saturated heterocycles. The number of hydrogen-bond donors (Lipinski definition) is 2. The lowest BCUT2D eigenvalue weighted by Crippen LogP contribution is -2.58. The summed E-state index contributed by atoms with van der Waals surface area (Å²) in [6, 6.07) is 0.480. The Balaban J connectivity index is 1.72. The van der Waals surface area contributed by atoms with E-state index in [0.717, 1.165) is 6.20 Å². The third-order valence-corrected chi connectivity index (χ3v) is 5.88. The predicted octanol–water partition coefficient (Wildman–Crippen LogP) is 1.99. The summed E-state index contributed by atoms with van der Waals surface area (Å²) in [7, 11) is 0. The molecule has 0 spiro atoms. The molecule has 1 aromatic heterocycles. The lowest BCUT2D eigenvalue weighted by atomic mass is 10.1. The first-order valence-corrected chi connectivity index (χ1v) is 10.3. The van der Waals surface area contributed by atoms with Crippen molar-refractivity contribution in [3.05, 3.63) is 75.0 Å². The second-order valence-electron chi connectivity index (χ2n) is 7.90. The Morgan fingerprint density at radius 2 is 1.85 bits per heavy atom. The van der Waals surface area contributed by atoms with E-state index in [-0.39, 0.29) is 24.4 Å². The minimum absolute atomic E-state index is 0.161. The topological polar surface area (TPSA) is 94.9 Å². The summed E-state index contributed by atoms with van der Waals surface area (Å²) in [6.07, 6.45) is 5.53. The maximum Gasteiger partial charge on any atom is 0.278 e. The van der Waals surface area contributed by atoms with E-state index in [1.54, 1.807) is 5.01 Å². The van der Waals surface area contributed by atoms with Crippen LogP contribution in [0.25, 0.3) is 0 Å². The summed E-state index contributed by atoms with van der Waals surface area (Å²) in [4.78, 5) is 39.9. The van der Waals surface area contributed by atoms with Crippen molar-refractivity contribution >= 4 is 11.8 Å². The van der Waals surface area contributed by atoms with Crippen LogP contribution in [0.2, 0.25) is 0 Å². The van der Waals surface area contributed by atoms with Crippen molar-refractivity contribution in [2.75, 3.05) is 11.7 Å². The highest BCUT2D eigenvalue weighted by Gasteiger charge is 2.38. The average Bonchev–Trinajstić information content (AvgIpc) is 2.90. The molecule has 1 aromatic carbocycles. The molecule has 2 atom stereocenters. The van der Waals surface area contributed by atoms with Crippen LogP contribution >= 0.6 is 0 Å². The zero-order valence-electron chi connectivity index (χ0n) is 17.8. The normalized spacial score (nSPS) is 19.4. The fraction of sp³-hybridized carbons (Fsp3) is 0.318. The third-order valence-electron chi connectivity index (χ3n) is 5.88. The molecular weight excluding hydrogens is 441 g/mol. The molecule has 3 heterocycles. The van der Waals surface area contributed by atoms with Gasteiger partial charge in [-0.25, -0.2) is 13.2 Å². The van der Waals surface area contributed by atoms with Crippen LogP contribution in [0.1, 0.15) is 46.7 Å². The van der Waals surface area contributed by atoms with Gasteiger partial charge in [-0.2, -0.15) is 0 Å². The Kier molecular flexibility index (Phi) is 5.64. The Morgan fingerprint density at radius 3 is 2.48 bits per heavy atom. The number of aromatic nitrogens is 1. The predicted molar refractivity (Wildman–Crippen MR) is 112 cm³/mol. The number of carbonyl (C=O) groups is 2. The van der Waals surface area contributed by atoms with Crippen molar-refractivity contribution in [2.24, 2.45) is 0 Å². The summed E-state index contributed by atoms with van der Waals surface area (Å²) in [5.74, 6) is -5.99. The minimum Gasteiger partial charge on any atom is -0.502 e. The highest BCUT2D eigenvalue weighted by Crippen LogP contribution is 2.27. The summed E-state index contributed by atoms with van der Waals surface area (Å²) < 4.78 is 42.1. The van der Waals surface area contributed by atoms with Gasteiger partial charge in [-0.05, 0) is 13.3 Å². The number of carbonyl (C=O) groups excluding carboxylic acids is 2. The zero-order valence-corrected chi connectivity index (χ0v) is 17.8. The summed E-state index contributed by atoms with van der Waals surface area (Å²) >= 11 is 0. The molecule has 174 valence electrons.